The number of carbonyl (C=O) groups is 1. The fraction of sp³-hybridized carbons (Fsp3) is 0.280. The first-order chi connectivity index (χ1) is 16.8. The number of aliphatic hydroxyl groups is 1. The number of nitrogens with zero attached hydrogens (tertiary/aromatic N) is 3. The molecular weight excluding hydrogens is 459 g/mol. The predicted molar refractivity (Wildman–Crippen MR) is 130 cm³/mol. The van der Waals surface area contributed by atoms with Gasteiger partial charge in [0.05, 0.1) is 18.5 Å². The van der Waals surface area contributed by atoms with Crippen LogP contribution in [-0.2, 0) is 0 Å². The summed E-state index contributed by atoms with van der Waals surface area (Å²) in [6.45, 7) is 4.90. The Labute approximate surface area is 201 Å². The van der Waals surface area contributed by atoms with Gasteiger partial charge in [-0.15, -0.1) is 0 Å². The quantitative estimate of drug-likeness (QED) is 0.408. The van der Waals surface area contributed by atoms with E-state index < -0.39 is 29.2 Å². The first-order valence-corrected chi connectivity index (χ1v) is 11.3. The van der Waals surface area contributed by atoms with Gasteiger partial charge in [0.15, 0.2) is 11.6 Å². The number of aromatic nitrogens is 1. The van der Waals surface area contributed by atoms with Crippen molar-refractivity contribution in [2.75, 3.05) is 47.9 Å². The highest BCUT2D eigenvalue weighted by Crippen LogP contribution is 2.45. The van der Waals surface area contributed by atoms with Gasteiger partial charge in [-0.1, -0.05) is 12.1 Å². The summed E-state index contributed by atoms with van der Waals surface area (Å²) >= 11 is 0. The summed E-state index contributed by atoms with van der Waals surface area (Å²) in [7, 11) is 0. The Kier molecular flexibility index (Phi) is 7.23. The molecule has 1 aliphatic heterocycles. The minimum atomic E-state index is -0.933. The van der Waals surface area contributed by atoms with Crippen LogP contribution in [0, 0.1) is 24.4 Å². The Morgan fingerprint density at radius 2 is 1.74 bits per heavy atom. The maximum absolute atomic E-state index is 15.4. The summed E-state index contributed by atoms with van der Waals surface area (Å²) in [6, 6.07) is 7.92. The van der Waals surface area contributed by atoms with Gasteiger partial charge in [-0.2, -0.15) is 0 Å². The molecule has 2 aromatic carbocycles. The first-order valence-electron chi connectivity index (χ1n) is 11.3. The number of aliphatic hydroxyl groups excluding tert-OH is 1. The van der Waals surface area contributed by atoms with Gasteiger partial charge in [0.2, 0.25) is 0 Å². The number of aryl methyl sites for hydroxylation is 1. The number of rotatable bonds is 8. The molecule has 0 aliphatic carbocycles. The van der Waals surface area contributed by atoms with Crippen LogP contribution in [0.2, 0.25) is 0 Å². The average molecular weight is 486 g/mol. The van der Waals surface area contributed by atoms with E-state index in [1.807, 2.05) is 0 Å². The zero-order valence-electron chi connectivity index (χ0n) is 19.4. The molecule has 4 rings (SSSR count). The molecule has 1 aliphatic rings. The number of fused-ring (bicyclic) bond motifs is 3. The molecule has 0 saturated heterocycles. The molecule has 0 saturated carbocycles. The molecule has 1 aromatic heterocycles. The third-order valence-electron chi connectivity index (χ3n) is 5.67. The molecule has 0 bridgehead atoms. The number of benzene rings is 2. The molecule has 0 radical (unpaired) electrons. The molecule has 2 amide bonds. The van der Waals surface area contributed by atoms with Crippen LogP contribution in [0.25, 0.3) is 11.1 Å². The highest BCUT2D eigenvalue weighted by molar-refractivity contribution is 6.14. The van der Waals surface area contributed by atoms with Gasteiger partial charge in [-0.3, -0.25) is 9.80 Å². The fourth-order valence-electron chi connectivity index (χ4n) is 4.10. The van der Waals surface area contributed by atoms with Crippen LogP contribution in [0.5, 0.6) is 0 Å². The third kappa shape index (κ3) is 4.80. The van der Waals surface area contributed by atoms with Crippen LogP contribution in [0.15, 0.2) is 42.6 Å². The largest absolute Gasteiger partial charge is 0.395 e. The molecule has 0 spiro atoms. The summed E-state index contributed by atoms with van der Waals surface area (Å²) in [5.74, 6) is -2.25. The van der Waals surface area contributed by atoms with E-state index in [2.05, 4.69) is 15.6 Å². The van der Waals surface area contributed by atoms with Gasteiger partial charge in [-0.25, -0.2) is 22.9 Å². The first kappa shape index (κ1) is 24.5. The van der Waals surface area contributed by atoms with Crippen molar-refractivity contribution in [1.29, 1.82) is 0 Å². The minimum absolute atomic E-state index is 0.0103. The van der Waals surface area contributed by atoms with Gasteiger partial charge in [0.25, 0.3) is 0 Å². The van der Waals surface area contributed by atoms with Crippen molar-refractivity contribution in [1.82, 2.24) is 10.3 Å². The average Bonchev–Trinajstić information content (AvgIpc) is 2.91. The zero-order chi connectivity index (χ0) is 25.1. The number of nitrogens with one attached hydrogen (secondary N) is 2. The normalized spacial score (nSPS) is 12.9. The summed E-state index contributed by atoms with van der Waals surface area (Å²) in [5, 5.41) is 14.7. The number of pyridine rings is 1. The lowest BCUT2D eigenvalue weighted by molar-refractivity contribution is 0.253. The Hall–Kier alpha value is -3.63. The molecular formula is C25H26F3N5O2. The molecule has 3 N–H and O–H groups in total. The maximum atomic E-state index is 15.4. The number of hydrogen-bond donors (Lipinski definition) is 3. The second-order valence-electron chi connectivity index (χ2n) is 8.10. The van der Waals surface area contributed by atoms with Gasteiger partial charge >= 0.3 is 6.03 Å². The van der Waals surface area contributed by atoms with E-state index in [0.29, 0.717) is 30.8 Å². The lowest BCUT2D eigenvalue weighted by Crippen LogP contribution is -2.41. The van der Waals surface area contributed by atoms with E-state index in [1.165, 1.54) is 11.0 Å². The van der Waals surface area contributed by atoms with Gasteiger partial charge < -0.3 is 15.7 Å². The van der Waals surface area contributed by atoms with Gasteiger partial charge in [0, 0.05) is 43.0 Å². The Morgan fingerprint density at radius 1 is 1.00 bits per heavy atom. The monoisotopic (exact) mass is 485 g/mol. The van der Waals surface area contributed by atoms with Crippen molar-refractivity contribution < 1.29 is 23.1 Å². The molecule has 3 aromatic rings. The molecule has 7 nitrogen and oxygen atoms in total. The van der Waals surface area contributed by atoms with Gasteiger partial charge in [-0.05, 0) is 43.7 Å². The van der Waals surface area contributed by atoms with Crippen molar-refractivity contribution in [3.05, 3.63) is 65.6 Å². The van der Waals surface area contributed by atoms with Crippen molar-refractivity contribution in [3.8, 4) is 11.1 Å². The second-order valence-corrected chi connectivity index (χ2v) is 8.10. The number of anilines is 4. The summed E-state index contributed by atoms with van der Waals surface area (Å²) in [6.07, 6.45) is 1.01. The van der Waals surface area contributed by atoms with Crippen LogP contribution in [0.3, 0.4) is 0 Å². The van der Waals surface area contributed by atoms with Crippen molar-refractivity contribution in [3.63, 3.8) is 0 Å². The Bertz CT molecular complexity index is 1230. The summed E-state index contributed by atoms with van der Waals surface area (Å²) in [4.78, 5) is 20.1. The fourth-order valence-corrected chi connectivity index (χ4v) is 4.10. The molecule has 10 heteroatoms. The minimum Gasteiger partial charge on any atom is -0.395 e. The van der Waals surface area contributed by atoms with Gasteiger partial charge in [0.1, 0.15) is 17.3 Å². The number of amides is 2. The van der Waals surface area contributed by atoms with Crippen molar-refractivity contribution in [2.24, 2.45) is 0 Å². The lowest BCUT2D eigenvalue weighted by atomic mass is 10.0. The smallest absolute Gasteiger partial charge is 0.334 e. The number of carbonyl (C=O) groups excluding carboxylic acids is 1. The predicted octanol–water partition coefficient (Wildman–Crippen LogP) is 4.57. The molecule has 2 heterocycles. The Balaban J connectivity index is 1.82. The third-order valence-corrected chi connectivity index (χ3v) is 5.67. The van der Waals surface area contributed by atoms with Crippen molar-refractivity contribution in [2.45, 2.75) is 13.8 Å². The number of hydrogen-bond acceptors (Lipinski definition) is 5. The number of halogens is 3. The molecule has 0 atom stereocenters. The van der Waals surface area contributed by atoms with E-state index in [0.717, 1.165) is 28.8 Å². The SMILES string of the molecule is CCN1C(=O)N(c2c(F)cc(NCCNCCO)cc2F)c2cc(C)ccc2-c2cc(F)cnc21. The molecule has 35 heavy (non-hydrogen) atoms. The van der Waals surface area contributed by atoms with E-state index in [4.69, 9.17) is 5.11 Å². The maximum Gasteiger partial charge on any atom is 0.334 e. The zero-order valence-corrected chi connectivity index (χ0v) is 19.4. The van der Waals surface area contributed by atoms with Crippen LogP contribution < -0.4 is 20.4 Å². The Morgan fingerprint density at radius 3 is 2.43 bits per heavy atom. The van der Waals surface area contributed by atoms with E-state index in [-0.39, 0.29) is 30.3 Å². The van der Waals surface area contributed by atoms with E-state index in [1.54, 1.807) is 32.0 Å². The van der Waals surface area contributed by atoms with Crippen LogP contribution >= 0.6 is 0 Å². The van der Waals surface area contributed by atoms with Crippen LogP contribution in [-0.4, -0.2) is 48.9 Å². The lowest BCUT2D eigenvalue weighted by Gasteiger charge is -2.28. The standard InChI is InChI=1S/C25H26F3N5O2/c1-3-32-24-19(11-16(26)14-31-24)18-5-4-15(2)10-22(18)33(25(32)35)23-20(27)12-17(13-21(23)28)30-7-6-29-8-9-34/h4-5,10-14,29-30,34H,3,6-9H2,1-2H3. The molecule has 184 valence electrons. The molecule has 0 unspecified atom stereocenters. The number of urea groups is 1. The summed E-state index contributed by atoms with van der Waals surface area (Å²) in [5.41, 5.74) is 1.45. The highest BCUT2D eigenvalue weighted by atomic mass is 19.1. The van der Waals surface area contributed by atoms with Crippen molar-refractivity contribution >= 4 is 28.9 Å². The topological polar surface area (TPSA) is 80.7 Å². The van der Waals surface area contributed by atoms with E-state index in [9.17, 15) is 9.18 Å². The van der Waals surface area contributed by atoms with Crippen LogP contribution in [0.4, 0.5) is 40.8 Å². The second kappa shape index (κ2) is 10.3. The molecule has 0 fully saturated rings. The summed E-state index contributed by atoms with van der Waals surface area (Å²) < 4.78 is 45.0. The van der Waals surface area contributed by atoms with Crippen LogP contribution in [0.1, 0.15) is 12.5 Å². The van der Waals surface area contributed by atoms with E-state index >= 15 is 8.78 Å². The highest BCUT2D eigenvalue weighted by Gasteiger charge is 2.36.